The van der Waals surface area contributed by atoms with E-state index in [0.717, 1.165) is 5.69 Å². The minimum Gasteiger partial charge on any atom is -0.497 e. The number of nitrogens with zero attached hydrogens (tertiary/aromatic N) is 5. The van der Waals surface area contributed by atoms with Crippen LogP contribution in [0.1, 0.15) is 31.0 Å². The van der Waals surface area contributed by atoms with Gasteiger partial charge in [-0.25, -0.2) is 14.5 Å². The smallest absolute Gasteiger partial charge is 0.338 e. The van der Waals surface area contributed by atoms with E-state index in [4.69, 9.17) is 19.3 Å². The molecule has 1 unspecified atom stereocenters. The lowest BCUT2D eigenvalue weighted by Gasteiger charge is -2.24. The van der Waals surface area contributed by atoms with Crippen LogP contribution in [0, 0.1) is 10.1 Å². The first-order chi connectivity index (χ1) is 22.7. The van der Waals surface area contributed by atoms with Crippen molar-refractivity contribution in [1.82, 2.24) is 14.3 Å². The number of nitro groups is 1. The van der Waals surface area contributed by atoms with Gasteiger partial charge in [0.15, 0.2) is 10.6 Å². The molecule has 0 N–H and O–H groups in total. The van der Waals surface area contributed by atoms with Gasteiger partial charge in [-0.05, 0) is 61.9 Å². The Kier molecular flexibility index (Phi) is 8.55. The molecule has 1 atom stereocenters. The van der Waals surface area contributed by atoms with Crippen molar-refractivity contribution < 1.29 is 23.9 Å². The molecule has 0 bridgehead atoms. The quantitative estimate of drug-likeness (QED) is 0.128. The minimum atomic E-state index is -0.797. The minimum absolute atomic E-state index is 0.113. The Morgan fingerprint density at radius 3 is 2.47 bits per heavy atom. The summed E-state index contributed by atoms with van der Waals surface area (Å²) in [6.07, 6.45) is 3.45. The van der Waals surface area contributed by atoms with Gasteiger partial charge in [0.05, 0.1) is 53.3 Å². The van der Waals surface area contributed by atoms with E-state index in [9.17, 15) is 19.7 Å². The summed E-state index contributed by atoms with van der Waals surface area (Å²) in [6.45, 7) is 3.60. The Balaban J connectivity index is 1.57. The predicted molar refractivity (Wildman–Crippen MR) is 176 cm³/mol. The second-order valence-electron chi connectivity index (χ2n) is 10.4. The number of hydrogen-bond acceptors (Lipinski definition) is 10. The standard InChI is InChI=1S/C34H29N5O7S/c1-5-46-33(41)29-20(2)35-34-38(31(29)21-11-14-25(44-3)15-12-21)32(40)28(47-34)18-23-19-37(24-9-7-6-8-10-24)36-30(23)22-13-16-27(45-4)26(17-22)39(42)43/h6-19,31H,5H2,1-4H3/b28-18+. The van der Waals surface area contributed by atoms with Crippen LogP contribution in [-0.4, -0.2) is 46.1 Å². The molecule has 0 spiro atoms. The monoisotopic (exact) mass is 651 g/mol. The number of aromatic nitrogens is 3. The summed E-state index contributed by atoms with van der Waals surface area (Å²) in [5.74, 6) is 0.181. The highest BCUT2D eigenvalue weighted by molar-refractivity contribution is 7.07. The van der Waals surface area contributed by atoms with E-state index in [0.29, 0.717) is 43.2 Å². The number of para-hydroxylation sites is 1. The lowest BCUT2D eigenvalue weighted by Crippen LogP contribution is -2.39. The van der Waals surface area contributed by atoms with Crippen molar-refractivity contribution in [1.29, 1.82) is 0 Å². The summed E-state index contributed by atoms with van der Waals surface area (Å²) in [6, 6.07) is 20.3. The maximum atomic E-state index is 14.3. The van der Waals surface area contributed by atoms with E-state index in [1.165, 1.54) is 35.1 Å². The fourth-order valence-corrected chi connectivity index (χ4v) is 6.48. The van der Waals surface area contributed by atoms with Crippen LogP contribution in [0.5, 0.6) is 11.5 Å². The summed E-state index contributed by atoms with van der Waals surface area (Å²) < 4.78 is 19.4. The van der Waals surface area contributed by atoms with E-state index < -0.39 is 16.9 Å². The van der Waals surface area contributed by atoms with E-state index in [1.54, 1.807) is 68.2 Å². The normalized spacial score (nSPS) is 14.4. The topological polar surface area (TPSA) is 140 Å². The van der Waals surface area contributed by atoms with Crippen LogP contribution in [0.4, 0.5) is 5.69 Å². The molecule has 12 nitrogen and oxygen atoms in total. The highest BCUT2D eigenvalue weighted by Crippen LogP contribution is 2.34. The van der Waals surface area contributed by atoms with Gasteiger partial charge >= 0.3 is 11.7 Å². The fourth-order valence-electron chi connectivity index (χ4n) is 5.44. The SMILES string of the molecule is CCOC(=O)C1=C(C)N=c2s/c(=C/c3cn(-c4ccccc4)nc3-c3ccc(OC)c([N+](=O)[O-])c3)c(=O)n2C1c1ccc(OC)cc1. The van der Waals surface area contributed by atoms with Gasteiger partial charge in [0.1, 0.15) is 11.4 Å². The molecule has 5 aromatic rings. The molecule has 3 heterocycles. The lowest BCUT2D eigenvalue weighted by atomic mass is 9.96. The van der Waals surface area contributed by atoms with E-state index in [-0.39, 0.29) is 29.2 Å². The van der Waals surface area contributed by atoms with Crippen LogP contribution >= 0.6 is 11.3 Å². The molecule has 0 aliphatic carbocycles. The van der Waals surface area contributed by atoms with Gasteiger partial charge in [0.25, 0.3) is 5.56 Å². The molecule has 0 saturated heterocycles. The molecule has 238 valence electrons. The third kappa shape index (κ3) is 5.84. The number of allylic oxidation sites excluding steroid dienone is 1. The molecule has 0 amide bonds. The number of thiazole rings is 1. The average molecular weight is 652 g/mol. The highest BCUT2D eigenvalue weighted by Gasteiger charge is 2.33. The van der Waals surface area contributed by atoms with Gasteiger partial charge in [-0.3, -0.25) is 19.5 Å². The third-order valence-electron chi connectivity index (χ3n) is 7.65. The summed E-state index contributed by atoms with van der Waals surface area (Å²) in [5, 5.41) is 16.6. The van der Waals surface area contributed by atoms with Crippen molar-refractivity contribution in [3.8, 4) is 28.4 Å². The second kappa shape index (κ2) is 12.9. The largest absolute Gasteiger partial charge is 0.497 e. The molecule has 47 heavy (non-hydrogen) atoms. The highest BCUT2D eigenvalue weighted by atomic mass is 32.1. The summed E-state index contributed by atoms with van der Waals surface area (Å²) in [7, 11) is 2.93. The number of ether oxygens (including phenoxy) is 3. The van der Waals surface area contributed by atoms with E-state index in [2.05, 4.69) is 4.99 Å². The first-order valence-electron chi connectivity index (χ1n) is 14.6. The van der Waals surface area contributed by atoms with E-state index >= 15 is 0 Å². The van der Waals surface area contributed by atoms with E-state index in [1.807, 2.05) is 30.3 Å². The summed E-state index contributed by atoms with van der Waals surface area (Å²) in [5.41, 5.74) is 2.98. The van der Waals surface area contributed by atoms with Crippen molar-refractivity contribution in [3.63, 3.8) is 0 Å². The Morgan fingerprint density at radius 2 is 1.81 bits per heavy atom. The fraction of sp³-hybridized carbons (Fsp3) is 0.176. The number of nitro benzene ring substituents is 1. The Bertz CT molecular complexity index is 2220. The second-order valence-corrected chi connectivity index (χ2v) is 11.4. The molecule has 0 radical (unpaired) electrons. The lowest BCUT2D eigenvalue weighted by molar-refractivity contribution is -0.385. The predicted octanol–water partition coefficient (Wildman–Crippen LogP) is 4.58. The molecule has 0 saturated carbocycles. The maximum absolute atomic E-state index is 14.3. The van der Waals surface area contributed by atoms with Gasteiger partial charge in [0, 0.05) is 23.4 Å². The van der Waals surface area contributed by atoms with Crippen molar-refractivity contribution in [2.45, 2.75) is 19.9 Å². The molecule has 13 heteroatoms. The molecule has 3 aromatic carbocycles. The van der Waals surface area contributed by atoms with Crippen LogP contribution in [0.3, 0.4) is 0 Å². The first-order valence-corrected chi connectivity index (χ1v) is 15.4. The zero-order valence-corrected chi connectivity index (χ0v) is 26.7. The van der Waals surface area contributed by atoms with Crippen molar-refractivity contribution in [2.24, 2.45) is 4.99 Å². The molecule has 1 aliphatic rings. The molecular formula is C34H29N5O7S. The maximum Gasteiger partial charge on any atom is 0.338 e. The van der Waals surface area contributed by atoms with Crippen molar-refractivity contribution >= 4 is 29.1 Å². The Morgan fingerprint density at radius 1 is 1.06 bits per heavy atom. The van der Waals surface area contributed by atoms with Crippen LogP contribution in [0.15, 0.2) is 100 Å². The number of esters is 1. The van der Waals surface area contributed by atoms with Gasteiger partial charge in [-0.15, -0.1) is 0 Å². The average Bonchev–Trinajstić information content (AvgIpc) is 3.64. The molecule has 6 rings (SSSR count). The number of hydrogen-bond donors (Lipinski definition) is 0. The zero-order valence-electron chi connectivity index (χ0n) is 25.9. The molecule has 2 aromatic heterocycles. The van der Waals surface area contributed by atoms with Crippen LogP contribution in [-0.2, 0) is 9.53 Å². The van der Waals surface area contributed by atoms with Crippen LogP contribution in [0.25, 0.3) is 23.0 Å². The van der Waals surface area contributed by atoms with Gasteiger partial charge in [-0.2, -0.15) is 5.10 Å². The zero-order chi connectivity index (χ0) is 33.2. The number of rotatable bonds is 9. The molecule has 1 aliphatic heterocycles. The number of benzene rings is 3. The number of carbonyl (C=O) groups excluding carboxylic acids is 1. The van der Waals surface area contributed by atoms with Gasteiger partial charge in [0.2, 0.25) is 0 Å². The Labute approximate surface area is 272 Å². The molecular weight excluding hydrogens is 622 g/mol. The van der Waals surface area contributed by atoms with Gasteiger partial charge in [-0.1, -0.05) is 41.7 Å². The summed E-state index contributed by atoms with van der Waals surface area (Å²) >= 11 is 1.17. The number of methoxy groups -OCH3 is 2. The summed E-state index contributed by atoms with van der Waals surface area (Å²) in [4.78, 5) is 43.9. The number of fused-ring (bicyclic) bond motifs is 1. The Hall–Kier alpha value is -5.82. The van der Waals surface area contributed by atoms with Crippen molar-refractivity contribution in [3.05, 3.63) is 131 Å². The number of carbonyl (C=O) groups is 1. The first kappa shape index (κ1) is 31.2. The third-order valence-corrected chi connectivity index (χ3v) is 8.63. The van der Waals surface area contributed by atoms with Crippen molar-refractivity contribution in [2.75, 3.05) is 20.8 Å². The van der Waals surface area contributed by atoms with Crippen LogP contribution in [0.2, 0.25) is 0 Å². The van der Waals surface area contributed by atoms with Crippen LogP contribution < -0.4 is 24.4 Å². The van der Waals surface area contributed by atoms with Gasteiger partial charge < -0.3 is 14.2 Å². The molecule has 0 fully saturated rings.